The molecule has 1 rings (SSSR count). The van der Waals surface area contributed by atoms with Crippen molar-refractivity contribution in [3.63, 3.8) is 0 Å². The molecule has 0 aliphatic rings. The van der Waals surface area contributed by atoms with Crippen LogP contribution in [-0.2, 0) is 11.3 Å². The lowest BCUT2D eigenvalue weighted by atomic mass is 10.2. The van der Waals surface area contributed by atoms with Gasteiger partial charge in [0, 0.05) is 13.7 Å². The van der Waals surface area contributed by atoms with Gasteiger partial charge in [-0.15, -0.1) is 0 Å². The molecule has 0 amide bonds. The summed E-state index contributed by atoms with van der Waals surface area (Å²) >= 11 is 3.41. The number of aliphatic hydroxyl groups excluding tert-OH is 1. The molecule has 5 nitrogen and oxygen atoms in total. The molecule has 2 N–H and O–H groups in total. The first-order chi connectivity index (χ1) is 8.20. The molecule has 1 aromatic rings. The maximum atomic E-state index is 10.1. The van der Waals surface area contributed by atoms with Gasteiger partial charge in [-0.3, -0.25) is 4.68 Å². The lowest BCUT2D eigenvalue weighted by Gasteiger charge is -2.14. The molecule has 0 bridgehead atoms. The number of rotatable bonds is 8. The minimum Gasteiger partial charge on any atom is -0.385 e. The van der Waals surface area contributed by atoms with E-state index in [1.54, 1.807) is 18.0 Å². The van der Waals surface area contributed by atoms with Crippen molar-refractivity contribution >= 4 is 15.9 Å². The molecule has 0 radical (unpaired) electrons. The van der Waals surface area contributed by atoms with Crippen LogP contribution in [0.25, 0.3) is 0 Å². The summed E-state index contributed by atoms with van der Waals surface area (Å²) in [5, 5.41) is 17.5. The maximum absolute atomic E-state index is 10.1. The molecule has 0 spiro atoms. The molecule has 1 atom stereocenters. The van der Waals surface area contributed by atoms with Crippen LogP contribution in [0.1, 0.15) is 25.1 Å². The minimum atomic E-state index is -0.560. The number of methoxy groups -OCH3 is 1. The lowest BCUT2D eigenvalue weighted by Crippen LogP contribution is -2.24. The minimum absolute atomic E-state index is 0.533. The van der Waals surface area contributed by atoms with Crippen LogP contribution in [0.4, 0.5) is 0 Å². The monoisotopic (exact) mass is 305 g/mol. The van der Waals surface area contributed by atoms with Crippen LogP contribution in [0.2, 0.25) is 0 Å². The van der Waals surface area contributed by atoms with E-state index in [9.17, 15) is 5.11 Å². The Bertz CT molecular complexity index is 331. The molecule has 0 fully saturated rings. The van der Waals surface area contributed by atoms with E-state index in [0.29, 0.717) is 19.7 Å². The molecule has 1 unspecified atom stereocenters. The highest BCUT2D eigenvalue weighted by Gasteiger charge is 2.17. The van der Waals surface area contributed by atoms with Crippen molar-refractivity contribution in [1.82, 2.24) is 15.1 Å². The number of ether oxygens (including phenoxy) is 1. The summed E-state index contributed by atoms with van der Waals surface area (Å²) in [6.07, 6.45) is 2.19. The number of halogens is 1. The Hall–Kier alpha value is -0.430. The zero-order valence-electron chi connectivity index (χ0n) is 10.3. The molecule has 0 saturated heterocycles. The molecule has 17 heavy (non-hydrogen) atoms. The summed E-state index contributed by atoms with van der Waals surface area (Å²) in [6, 6.07) is 0. The summed E-state index contributed by atoms with van der Waals surface area (Å²) in [6.45, 7) is 4.75. The first-order valence-corrected chi connectivity index (χ1v) is 6.58. The number of aromatic nitrogens is 2. The third-order valence-corrected chi connectivity index (χ3v) is 3.03. The Labute approximate surface area is 110 Å². The van der Waals surface area contributed by atoms with E-state index >= 15 is 0 Å². The van der Waals surface area contributed by atoms with Crippen LogP contribution in [0.3, 0.4) is 0 Å². The fraction of sp³-hybridized carbons (Fsp3) is 0.727. The molecule has 1 heterocycles. The summed E-state index contributed by atoms with van der Waals surface area (Å²) in [5.74, 6) is 0. The van der Waals surface area contributed by atoms with Crippen molar-refractivity contribution < 1.29 is 9.84 Å². The predicted octanol–water partition coefficient (Wildman–Crippen LogP) is 1.32. The van der Waals surface area contributed by atoms with Gasteiger partial charge in [0.1, 0.15) is 6.10 Å². The molecule has 1 aromatic heterocycles. The van der Waals surface area contributed by atoms with Gasteiger partial charge in [-0.1, -0.05) is 6.92 Å². The van der Waals surface area contributed by atoms with Gasteiger partial charge in [0.25, 0.3) is 0 Å². The molecule has 0 aromatic carbocycles. The van der Waals surface area contributed by atoms with Gasteiger partial charge in [-0.2, -0.15) is 5.10 Å². The highest BCUT2D eigenvalue weighted by molar-refractivity contribution is 9.10. The Balaban J connectivity index is 2.63. The Morgan fingerprint density at radius 1 is 1.65 bits per heavy atom. The van der Waals surface area contributed by atoms with Gasteiger partial charge in [0.2, 0.25) is 0 Å². The van der Waals surface area contributed by atoms with Crippen LogP contribution in [0.15, 0.2) is 10.7 Å². The second-order valence-corrected chi connectivity index (χ2v) is 4.67. The van der Waals surface area contributed by atoms with Gasteiger partial charge < -0.3 is 15.2 Å². The normalized spacial score (nSPS) is 12.9. The Kier molecular flexibility index (Phi) is 6.72. The Morgan fingerprint density at radius 3 is 3.06 bits per heavy atom. The van der Waals surface area contributed by atoms with Gasteiger partial charge in [-0.05, 0) is 28.9 Å². The second kappa shape index (κ2) is 7.81. The third kappa shape index (κ3) is 4.39. The van der Waals surface area contributed by atoms with Gasteiger partial charge in [0.05, 0.1) is 29.5 Å². The van der Waals surface area contributed by atoms with Crippen molar-refractivity contribution in [3.05, 3.63) is 16.4 Å². The molecular weight excluding hydrogens is 286 g/mol. The largest absolute Gasteiger partial charge is 0.385 e. The van der Waals surface area contributed by atoms with E-state index < -0.39 is 6.10 Å². The molecule has 0 saturated carbocycles. The van der Waals surface area contributed by atoms with Gasteiger partial charge >= 0.3 is 0 Å². The first kappa shape index (κ1) is 14.6. The van der Waals surface area contributed by atoms with Crippen molar-refractivity contribution in [2.75, 3.05) is 26.8 Å². The van der Waals surface area contributed by atoms with E-state index in [1.165, 1.54) is 0 Å². The fourth-order valence-corrected chi connectivity index (χ4v) is 2.13. The molecule has 98 valence electrons. The van der Waals surface area contributed by atoms with E-state index in [0.717, 1.165) is 23.1 Å². The summed E-state index contributed by atoms with van der Waals surface area (Å²) in [7, 11) is 1.65. The zero-order chi connectivity index (χ0) is 12.7. The van der Waals surface area contributed by atoms with E-state index in [4.69, 9.17) is 4.74 Å². The summed E-state index contributed by atoms with van der Waals surface area (Å²) < 4.78 is 7.62. The number of hydrogen-bond donors (Lipinski definition) is 2. The number of aliphatic hydroxyl groups is 1. The topological polar surface area (TPSA) is 59.3 Å². The van der Waals surface area contributed by atoms with Crippen molar-refractivity contribution in [2.24, 2.45) is 0 Å². The maximum Gasteiger partial charge on any atom is 0.109 e. The van der Waals surface area contributed by atoms with Crippen LogP contribution in [-0.4, -0.2) is 41.7 Å². The fourth-order valence-electron chi connectivity index (χ4n) is 1.57. The average molecular weight is 306 g/mol. The van der Waals surface area contributed by atoms with Crippen LogP contribution < -0.4 is 5.32 Å². The summed E-state index contributed by atoms with van der Waals surface area (Å²) in [5.41, 5.74) is 0.797. The molecule has 0 aliphatic carbocycles. The lowest BCUT2D eigenvalue weighted by molar-refractivity contribution is 0.151. The van der Waals surface area contributed by atoms with E-state index in [2.05, 4.69) is 33.3 Å². The van der Waals surface area contributed by atoms with Crippen LogP contribution >= 0.6 is 15.9 Å². The number of nitrogens with zero attached hydrogens (tertiary/aromatic N) is 2. The second-order valence-electron chi connectivity index (χ2n) is 3.81. The summed E-state index contributed by atoms with van der Waals surface area (Å²) in [4.78, 5) is 0. The van der Waals surface area contributed by atoms with Crippen molar-refractivity contribution in [3.8, 4) is 0 Å². The van der Waals surface area contributed by atoms with Gasteiger partial charge in [0.15, 0.2) is 0 Å². The zero-order valence-corrected chi connectivity index (χ0v) is 11.9. The van der Waals surface area contributed by atoms with E-state index in [-0.39, 0.29) is 0 Å². The average Bonchev–Trinajstić information content (AvgIpc) is 2.68. The van der Waals surface area contributed by atoms with Crippen LogP contribution in [0, 0.1) is 0 Å². The quantitative estimate of drug-likeness (QED) is 0.711. The van der Waals surface area contributed by atoms with Crippen molar-refractivity contribution in [1.29, 1.82) is 0 Å². The first-order valence-electron chi connectivity index (χ1n) is 5.79. The van der Waals surface area contributed by atoms with Crippen molar-refractivity contribution in [2.45, 2.75) is 26.0 Å². The molecule has 0 aliphatic heterocycles. The van der Waals surface area contributed by atoms with Crippen LogP contribution in [0.5, 0.6) is 0 Å². The Morgan fingerprint density at radius 2 is 2.41 bits per heavy atom. The SMILES string of the molecule is CCCNCC(O)c1c(Br)cnn1CCOC. The third-order valence-electron chi connectivity index (χ3n) is 2.42. The molecule has 6 heteroatoms. The number of hydrogen-bond acceptors (Lipinski definition) is 4. The van der Waals surface area contributed by atoms with Gasteiger partial charge in [-0.25, -0.2) is 0 Å². The highest BCUT2D eigenvalue weighted by atomic mass is 79.9. The molecular formula is C11H20BrN3O2. The smallest absolute Gasteiger partial charge is 0.109 e. The number of nitrogens with one attached hydrogen (secondary N) is 1. The van der Waals surface area contributed by atoms with E-state index in [1.807, 2.05) is 0 Å². The predicted molar refractivity (Wildman–Crippen MR) is 69.9 cm³/mol. The highest BCUT2D eigenvalue weighted by Crippen LogP contribution is 2.22. The standard InChI is InChI=1S/C11H20BrN3O2/c1-3-4-13-8-10(16)11-9(12)7-14-15(11)5-6-17-2/h7,10,13,16H,3-6,8H2,1-2H3.